The van der Waals surface area contributed by atoms with Gasteiger partial charge in [0.2, 0.25) is 5.91 Å². The van der Waals surface area contributed by atoms with Crippen LogP contribution in [-0.2, 0) is 11.3 Å². The van der Waals surface area contributed by atoms with Crippen LogP contribution in [0.15, 0.2) is 24.3 Å². The van der Waals surface area contributed by atoms with Crippen molar-refractivity contribution in [2.24, 2.45) is 11.7 Å². The molecule has 1 aromatic carbocycles. The van der Waals surface area contributed by atoms with E-state index in [0.29, 0.717) is 19.0 Å². The van der Waals surface area contributed by atoms with E-state index in [9.17, 15) is 4.79 Å². The molecular weight excluding hydrogens is 286 g/mol. The lowest BCUT2D eigenvalue weighted by Crippen LogP contribution is -2.37. The molecule has 2 atom stereocenters. The summed E-state index contributed by atoms with van der Waals surface area (Å²) in [7, 11) is 0. The Balaban J connectivity index is 0.00000220. The zero-order valence-corrected chi connectivity index (χ0v) is 13.7. The molecule has 1 aliphatic heterocycles. The van der Waals surface area contributed by atoms with E-state index in [1.807, 2.05) is 6.92 Å². The third kappa shape index (κ3) is 5.65. The zero-order chi connectivity index (χ0) is 14.5. The molecule has 1 fully saturated rings. The Kier molecular flexibility index (Phi) is 7.15. The van der Waals surface area contributed by atoms with Gasteiger partial charge in [-0.3, -0.25) is 9.69 Å². The van der Waals surface area contributed by atoms with Crippen LogP contribution in [0.3, 0.4) is 0 Å². The molecule has 0 aromatic heterocycles. The van der Waals surface area contributed by atoms with Crippen LogP contribution in [0.5, 0.6) is 0 Å². The first-order chi connectivity index (χ1) is 9.54. The van der Waals surface area contributed by atoms with Crippen LogP contribution in [0.4, 0.5) is 0 Å². The van der Waals surface area contributed by atoms with Crippen LogP contribution in [0.2, 0.25) is 0 Å². The summed E-state index contributed by atoms with van der Waals surface area (Å²) in [5.74, 6) is 0.621. The van der Waals surface area contributed by atoms with Gasteiger partial charge in [-0.25, -0.2) is 0 Å². The quantitative estimate of drug-likeness (QED) is 0.870. The number of benzene rings is 1. The first kappa shape index (κ1) is 18.0. The molecular formula is C16H26ClN3O. The Labute approximate surface area is 133 Å². The van der Waals surface area contributed by atoms with Gasteiger partial charge in [0.05, 0.1) is 6.54 Å². The highest BCUT2D eigenvalue weighted by Gasteiger charge is 2.26. The zero-order valence-electron chi connectivity index (χ0n) is 12.8. The van der Waals surface area contributed by atoms with Crippen LogP contribution >= 0.6 is 12.4 Å². The molecule has 118 valence electrons. The summed E-state index contributed by atoms with van der Waals surface area (Å²) >= 11 is 0. The van der Waals surface area contributed by atoms with Gasteiger partial charge in [-0.2, -0.15) is 0 Å². The Morgan fingerprint density at radius 2 is 2.10 bits per heavy atom. The van der Waals surface area contributed by atoms with Gasteiger partial charge in [0.25, 0.3) is 0 Å². The molecule has 4 nitrogen and oxygen atoms in total. The van der Waals surface area contributed by atoms with Crippen molar-refractivity contribution in [2.45, 2.75) is 32.9 Å². The minimum Gasteiger partial charge on any atom is -0.351 e. The maximum Gasteiger partial charge on any atom is 0.234 e. The van der Waals surface area contributed by atoms with Crippen molar-refractivity contribution in [3.63, 3.8) is 0 Å². The van der Waals surface area contributed by atoms with Crippen LogP contribution < -0.4 is 11.1 Å². The second-order valence-electron chi connectivity index (χ2n) is 5.91. The number of nitrogens with one attached hydrogen (secondary N) is 1. The molecule has 2 rings (SSSR count). The SMILES string of the molecule is Cc1ccc(CNC(=O)CN2CCC(C(C)N)C2)cc1.Cl. The lowest BCUT2D eigenvalue weighted by Gasteiger charge is -2.17. The smallest absolute Gasteiger partial charge is 0.234 e. The fourth-order valence-electron chi connectivity index (χ4n) is 2.60. The number of nitrogens with zero attached hydrogens (tertiary/aromatic N) is 1. The third-order valence-electron chi connectivity index (χ3n) is 4.03. The Morgan fingerprint density at radius 3 is 2.67 bits per heavy atom. The maximum absolute atomic E-state index is 11.9. The lowest BCUT2D eigenvalue weighted by molar-refractivity contribution is -0.122. The molecule has 0 saturated carbocycles. The molecule has 3 N–H and O–H groups in total. The summed E-state index contributed by atoms with van der Waals surface area (Å²) in [5, 5.41) is 2.98. The van der Waals surface area contributed by atoms with E-state index in [2.05, 4.69) is 41.4 Å². The van der Waals surface area contributed by atoms with Crippen LogP contribution in [-0.4, -0.2) is 36.5 Å². The fourth-order valence-corrected chi connectivity index (χ4v) is 2.60. The van der Waals surface area contributed by atoms with E-state index >= 15 is 0 Å². The van der Waals surface area contributed by atoms with Gasteiger partial charge in [0.15, 0.2) is 0 Å². The van der Waals surface area contributed by atoms with Crippen molar-refractivity contribution in [1.29, 1.82) is 0 Å². The monoisotopic (exact) mass is 311 g/mol. The van der Waals surface area contributed by atoms with Gasteiger partial charge in [0, 0.05) is 19.1 Å². The number of carbonyl (C=O) groups excluding carboxylic acids is 1. The second kappa shape index (κ2) is 8.37. The van der Waals surface area contributed by atoms with Crippen molar-refractivity contribution in [2.75, 3.05) is 19.6 Å². The van der Waals surface area contributed by atoms with Gasteiger partial charge < -0.3 is 11.1 Å². The van der Waals surface area contributed by atoms with E-state index in [4.69, 9.17) is 5.73 Å². The second-order valence-corrected chi connectivity index (χ2v) is 5.91. The predicted molar refractivity (Wildman–Crippen MR) is 88.5 cm³/mol. The first-order valence-electron chi connectivity index (χ1n) is 7.35. The molecule has 1 aliphatic rings. The summed E-state index contributed by atoms with van der Waals surface area (Å²) < 4.78 is 0. The number of hydrogen-bond acceptors (Lipinski definition) is 3. The van der Waals surface area contributed by atoms with E-state index in [-0.39, 0.29) is 24.4 Å². The summed E-state index contributed by atoms with van der Waals surface area (Å²) in [6.45, 7) is 7.11. The van der Waals surface area contributed by atoms with E-state index in [1.165, 1.54) is 5.56 Å². The largest absolute Gasteiger partial charge is 0.351 e. The van der Waals surface area contributed by atoms with Crippen LogP contribution in [0, 0.1) is 12.8 Å². The molecule has 2 unspecified atom stereocenters. The van der Waals surface area contributed by atoms with Gasteiger partial charge in [-0.1, -0.05) is 29.8 Å². The van der Waals surface area contributed by atoms with Gasteiger partial charge in [-0.05, 0) is 38.3 Å². The normalized spacial score (nSPS) is 19.9. The summed E-state index contributed by atoms with van der Waals surface area (Å²) in [4.78, 5) is 14.1. The number of likely N-dealkylation sites (tertiary alicyclic amines) is 1. The maximum atomic E-state index is 11.9. The Hall–Kier alpha value is -1.10. The van der Waals surface area contributed by atoms with Gasteiger partial charge in [0.1, 0.15) is 0 Å². The predicted octanol–water partition coefficient (Wildman–Crippen LogP) is 1.70. The standard InChI is InChI=1S/C16H25N3O.ClH/c1-12-3-5-14(6-4-12)9-18-16(20)11-19-8-7-15(10-19)13(2)17;/h3-6,13,15H,7-11,17H2,1-2H3,(H,18,20);1H. The van der Waals surface area contributed by atoms with Crippen molar-refractivity contribution in [1.82, 2.24) is 10.2 Å². The number of aryl methyl sites for hydroxylation is 1. The minimum absolute atomic E-state index is 0. The van der Waals surface area contributed by atoms with Crippen molar-refractivity contribution >= 4 is 18.3 Å². The molecule has 21 heavy (non-hydrogen) atoms. The highest BCUT2D eigenvalue weighted by atomic mass is 35.5. The molecule has 0 bridgehead atoms. The minimum atomic E-state index is 0. The van der Waals surface area contributed by atoms with Gasteiger partial charge >= 0.3 is 0 Å². The number of carbonyl (C=O) groups is 1. The van der Waals surface area contributed by atoms with E-state index in [1.54, 1.807) is 0 Å². The van der Waals surface area contributed by atoms with Gasteiger partial charge in [-0.15, -0.1) is 12.4 Å². The molecule has 1 saturated heterocycles. The number of hydrogen-bond donors (Lipinski definition) is 2. The molecule has 5 heteroatoms. The third-order valence-corrected chi connectivity index (χ3v) is 4.03. The molecule has 1 aromatic rings. The van der Waals surface area contributed by atoms with Crippen LogP contribution in [0.1, 0.15) is 24.5 Å². The molecule has 1 heterocycles. The topological polar surface area (TPSA) is 58.4 Å². The molecule has 0 aliphatic carbocycles. The molecule has 0 radical (unpaired) electrons. The summed E-state index contributed by atoms with van der Waals surface area (Å²) in [6.07, 6.45) is 1.10. The number of halogens is 1. The summed E-state index contributed by atoms with van der Waals surface area (Å²) in [5.41, 5.74) is 8.28. The number of amides is 1. The van der Waals surface area contributed by atoms with Crippen molar-refractivity contribution < 1.29 is 4.79 Å². The first-order valence-corrected chi connectivity index (χ1v) is 7.35. The average Bonchev–Trinajstić information content (AvgIpc) is 2.87. The average molecular weight is 312 g/mol. The number of nitrogens with two attached hydrogens (primary N) is 1. The molecule has 1 amide bonds. The fraction of sp³-hybridized carbons (Fsp3) is 0.562. The highest BCUT2D eigenvalue weighted by Crippen LogP contribution is 2.17. The number of rotatable bonds is 5. The lowest BCUT2D eigenvalue weighted by atomic mass is 10.0. The van der Waals surface area contributed by atoms with E-state index < -0.39 is 0 Å². The van der Waals surface area contributed by atoms with Crippen molar-refractivity contribution in [3.8, 4) is 0 Å². The highest BCUT2D eigenvalue weighted by molar-refractivity contribution is 5.85. The Morgan fingerprint density at radius 1 is 1.43 bits per heavy atom. The summed E-state index contributed by atoms with van der Waals surface area (Å²) in [6, 6.07) is 8.45. The van der Waals surface area contributed by atoms with Crippen LogP contribution in [0.25, 0.3) is 0 Å². The van der Waals surface area contributed by atoms with E-state index in [0.717, 1.165) is 25.1 Å². The molecule has 0 spiro atoms. The van der Waals surface area contributed by atoms with Crippen molar-refractivity contribution in [3.05, 3.63) is 35.4 Å². The Bertz CT molecular complexity index is 447.